The van der Waals surface area contributed by atoms with Crippen molar-refractivity contribution in [1.82, 2.24) is 4.98 Å². The van der Waals surface area contributed by atoms with Crippen molar-refractivity contribution in [2.75, 3.05) is 18.1 Å². The van der Waals surface area contributed by atoms with Crippen molar-refractivity contribution in [3.63, 3.8) is 0 Å². The molecule has 0 spiro atoms. The molecule has 0 unspecified atom stereocenters. The first-order valence-electron chi connectivity index (χ1n) is 6.47. The fourth-order valence-corrected chi connectivity index (χ4v) is 4.28. The van der Waals surface area contributed by atoms with E-state index in [1.165, 1.54) is 17.5 Å². The van der Waals surface area contributed by atoms with Crippen molar-refractivity contribution in [2.45, 2.75) is 31.4 Å². The van der Waals surface area contributed by atoms with Gasteiger partial charge in [0.1, 0.15) is 0 Å². The summed E-state index contributed by atoms with van der Waals surface area (Å²) in [6.07, 6.45) is 4.55. The maximum atomic E-state index is 4.64. The van der Waals surface area contributed by atoms with Gasteiger partial charge in [-0.2, -0.15) is 11.8 Å². The van der Waals surface area contributed by atoms with E-state index in [0.29, 0.717) is 4.75 Å². The van der Waals surface area contributed by atoms with E-state index in [1.54, 1.807) is 11.3 Å². The van der Waals surface area contributed by atoms with Gasteiger partial charge in [0.25, 0.3) is 0 Å². The highest BCUT2D eigenvalue weighted by Crippen LogP contribution is 2.33. The number of halogens is 1. The van der Waals surface area contributed by atoms with Gasteiger partial charge in [0.2, 0.25) is 0 Å². The van der Waals surface area contributed by atoms with Gasteiger partial charge in [0, 0.05) is 15.8 Å². The summed E-state index contributed by atoms with van der Waals surface area (Å²) in [4.78, 5) is 4.64. The van der Waals surface area contributed by atoms with Crippen LogP contribution in [0.2, 0.25) is 0 Å². The number of fused-ring (bicyclic) bond motifs is 1. The van der Waals surface area contributed by atoms with Crippen LogP contribution in [-0.4, -0.2) is 22.5 Å². The fourth-order valence-electron chi connectivity index (χ4n) is 2.07. The zero-order valence-electron chi connectivity index (χ0n) is 11.5. The molecule has 2 rings (SSSR count). The number of aromatic nitrogens is 1. The highest BCUT2D eigenvalue weighted by atomic mass is 79.9. The minimum Gasteiger partial charge on any atom is -0.360 e. The lowest BCUT2D eigenvalue weighted by atomic mass is 10.0. The second-order valence-electron chi connectivity index (χ2n) is 4.58. The molecule has 0 aliphatic heterocycles. The number of rotatable bonds is 6. The zero-order chi connectivity index (χ0) is 13.9. The van der Waals surface area contributed by atoms with E-state index < -0.39 is 0 Å². The standard InChI is InChI=1S/C14H19BrN2S2/c1-4-14(5-2,18-3)9-16-13-17-11-7-6-10(15)8-12(11)19-13/h6-8H,4-5,9H2,1-3H3,(H,16,17). The highest BCUT2D eigenvalue weighted by Gasteiger charge is 2.24. The van der Waals surface area contributed by atoms with Crippen LogP contribution in [0.5, 0.6) is 0 Å². The molecule has 0 saturated carbocycles. The average molecular weight is 359 g/mol. The summed E-state index contributed by atoms with van der Waals surface area (Å²) in [5.74, 6) is 0. The first-order chi connectivity index (χ1) is 9.12. The summed E-state index contributed by atoms with van der Waals surface area (Å²) in [6, 6.07) is 6.22. The van der Waals surface area contributed by atoms with E-state index in [2.05, 4.69) is 58.5 Å². The van der Waals surface area contributed by atoms with Gasteiger partial charge in [0.05, 0.1) is 10.2 Å². The number of benzene rings is 1. The zero-order valence-corrected chi connectivity index (χ0v) is 14.7. The molecule has 0 amide bonds. The molecular formula is C14H19BrN2S2. The number of thiazole rings is 1. The van der Waals surface area contributed by atoms with Gasteiger partial charge in [-0.3, -0.25) is 0 Å². The van der Waals surface area contributed by atoms with Gasteiger partial charge in [-0.25, -0.2) is 4.98 Å². The van der Waals surface area contributed by atoms with Crippen LogP contribution in [0.3, 0.4) is 0 Å². The van der Waals surface area contributed by atoms with Gasteiger partial charge < -0.3 is 5.32 Å². The molecule has 2 nitrogen and oxygen atoms in total. The van der Waals surface area contributed by atoms with Gasteiger partial charge in [-0.15, -0.1) is 0 Å². The predicted octanol–water partition coefficient (Wildman–Crippen LogP) is 5.39. The van der Waals surface area contributed by atoms with Crippen molar-refractivity contribution >= 4 is 54.4 Å². The number of hydrogen-bond donors (Lipinski definition) is 1. The van der Waals surface area contributed by atoms with Crippen LogP contribution in [0.4, 0.5) is 5.13 Å². The molecule has 1 heterocycles. The van der Waals surface area contributed by atoms with Gasteiger partial charge >= 0.3 is 0 Å². The lowest BCUT2D eigenvalue weighted by Crippen LogP contribution is -2.31. The monoisotopic (exact) mass is 358 g/mol. The Morgan fingerprint density at radius 1 is 1.37 bits per heavy atom. The first-order valence-corrected chi connectivity index (χ1v) is 9.31. The van der Waals surface area contributed by atoms with E-state index in [9.17, 15) is 0 Å². The second-order valence-corrected chi connectivity index (χ2v) is 7.80. The topological polar surface area (TPSA) is 24.9 Å². The summed E-state index contributed by atoms with van der Waals surface area (Å²) in [5, 5.41) is 4.54. The molecular weight excluding hydrogens is 340 g/mol. The Hall–Kier alpha value is -0.260. The van der Waals surface area contributed by atoms with Crippen LogP contribution in [0.15, 0.2) is 22.7 Å². The van der Waals surface area contributed by atoms with Gasteiger partial charge in [-0.05, 0) is 37.3 Å². The van der Waals surface area contributed by atoms with E-state index in [-0.39, 0.29) is 0 Å². The Bertz CT molecular complexity index is 541. The van der Waals surface area contributed by atoms with Crippen molar-refractivity contribution in [3.8, 4) is 0 Å². The van der Waals surface area contributed by atoms with Crippen molar-refractivity contribution in [2.24, 2.45) is 0 Å². The molecule has 0 fully saturated rings. The van der Waals surface area contributed by atoms with Crippen LogP contribution in [0, 0.1) is 0 Å². The SMILES string of the molecule is CCC(CC)(CNc1nc2ccc(Br)cc2s1)SC. The molecule has 0 aliphatic rings. The Balaban J connectivity index is 2.13. The number of thioether (sulfide) groups is 1. The lowest BCUT2D eigenvalue weighted by molar-refractivity contribution is 0.574. The van der Waals surface area contributed by atoms with Crippen LogP contribution >= 0.6 is 39.0 Å². The molecule has 1 aromatic carbocycles. The van der Waals surface area contributed by atoms with Crippen molar-refractivity contribution in [3.05, 3.63) is 22.7 Å². The van der Waals surface area contributed by atoms with Crippen LogP contribution in [0.1, 0.15) is 26.7 Å². The average Bonchev–Trinajstić information content (AvgIpc) is 2.83. The summed E-state index contributed by atoms with van der Waals surface area (Å²) in [6.45, 7) is 5.50. The molecule has 0 saturated heterocycles. The predicted molar refractivity (Wildman–Crippen MR) is 92.6 cm³/mol. The molecule has 1 N–H and O–H groups in total. The van der Waals surface area contributed by atoms with E-state index in [4.69, 9.17) is 0 Å². The maximum absolute atomic E-state index is 4.64. The molecule has 0 radical (unpaired) electrons. The molecule has 5 heteroatoms. The maximum Gasteiger partial charge on any atom is 0.183 e. The minimum absolute atomic E-state index is 0.318. The number of nitrogens with zero attached hydrogens (tertiary/aromatic N) is 1. The largest absolute Gasteiger partial charge is 0.360 e. The highest BCUT2D eigenvalue weighted by molar-refractivity contribution is 9.10. The number of hydrogen-bond acceptors (Lipinski definition) is 4. The third-order valence-corrected chi connectivity index (χ3v) is 6.69. The van der Waals surface area contributed by atoms with E-state index >= 15 is 0 Å². The number of anilines is 1. The van der Waals surface area contributed by atoms with E-state index in [1.807, 2.05) is 17.8 Å². The Kier molecular flexibility index (Phi) is 5.15. The summed E-state index contributed by atoms with van der Waals surface area (Å²) < 4.78 is 2.65. The molecule has 0 atom stereocenters. The normalized spacial score (nSPS) is 12.0. The van der Waals surface area contributed by atoms with Crippen LogP contribution in [-0.2, 0) is 0 Å². The second kappa shape index (κ2) is 6.46. The smallest absolute Gasteiger partial charge is 0.183 e. The van der Waals surface area contributed by atoms with Crippen LogP contribution < -0.4 is 5.32 Å². The third kappa shape index (κ3) is 3.44. The molecule has 19 heavy (non-hydrogen) atoms. The number of nitrogens with one attached hydrogen (secondary N) is 1. The third-order valence-electron chi connectivity index (χ3n) is 3.63. The van der Waals surface area contributed by atoms with Crippen LogP contribution in [0.25, 0.3) is 10.2 Å². The summed E-state index contributed by atoms with van der Waals surface area (Å²) in [5.41, 5.74) is 1.07. The molecule has 1 aromatic heterocycles. The first kappa shape index (κ1) is 15.1. The summed E-state index contributed by atoms with van der Waals surface area (Å²) >= 11 is 7.18. The van der Waals surface area contributed by atoms with Gasteiger partial charge in [0.15, 0.2) is 5.13 Å². The van der Waals surface area contributed by atoms with Crippen molar-refractivity contribution < 1.29 is 0 Å². The Labute approximate surface area is 131 Å². The molecule has 0 aliphatic carbocycles. The Morgan fingerprint density at radius 3 is 2.74 bits per heavy atom. The molecule has 104 valence electrons. The minimum atomic E-state index is 0.318. The molecule has 0 bridgehead atoms. The fraction of sp³-hybridized carbons (Fsp3) is 0.500. The lowest BCUT2D eigenvalue weighted by Gasteiger charge is -2.29. The van der Waals surface area contributed by atoms with E-state index in [0.717, 1.165) is 21.7 Å². The van der Waals surface area contributed by atoms with Crippen molar-refractivity contribution in [1.29, 1.82) is 0 Å². The quantitative estimate of drug-likeness (QED) is 0.748. The van der Waals surface area contributed by atoms with Gasteiger partial charge in [-0.1, -0.05) is 41.1 Å². The summed E-state index contributed by atoms with van der Waals surface area (Å²) in [7, 11) is 0. The molecule has 2 aromatic rings. The Morgan fingerprint density at radius 2 is 2.11 bits per heavy atom.